The number of benzene rings is 2. The van der Waals surface area contributed by atoms with Crippen LogP contribution >= 0.6 is 0 Å². The Kier molecular flexibility index (Phi) is 4.93. The summed E-state index contributed by atoms with van der Waals surface area (Å²) in [6, 6.07) is 14.3. The number of fused-ring (bicyclic) bond motifs is 1. The second-order valence-corrected chi connectivity index (χ2v) is 7.37. The summed E-state index contributed by atoms with van der Waals surface area (Å²) in [6.07, 6.45) is 2.60. The molecule has 1 amide bonds. The summed E-state index contributed by atoms with van der Waals surface area (Å²) in [5, 5.41) is 0. The van der Waals surface area contributed by atoms with Crippen molar-refractivity contribution in [3.63, 3.8) is 0 Å². The van der Waals surface area contributed by atoms with Gasteiger partial charge in [0.2, 0.25) is 0 Å². The molecule has 4 rings (SSSR count). The minimum atomic E-state index is 0.0788. The van der Waals surface area contributed by atoms with Gasteiger partial charge < -0.3 is 9.64 Å². The third kappa shape index (κ3) is 3.75. The molecule has 0 radical (unpaired) electrons. The van der Waals surface area contributed by atoms with Crippen LogP contribution in [-0.2, 0) is 13.1 Å². The smallest absolute Gasteiger partial charge is 0.254 e. The molecule has 2 heterocycles. The second-order valence-electron chi connectivity index (χ2n) is 7.37. The van der Waals surface area contributed by atoms with Gasteiger partial charge in [-0.2, -0.15) is 0 Å². The molecular formula is C22H26N2O2. The van der Waals surface area contributed by atoms with E-state index in [0.717, 1.165) is 29.0 Å². The Morgan fingerprint density at radius 1 is 1.08 bits per heavy atom. The molecule has 1 saturated heterocycles. The number of nitrogens with zero attached hydrogens (tertiary/aromatic N) is 2. The van der Waals surface area contributed by atoms with Crippen LogP contribution in [0.25, 0.3) is 0 Å². The number of hydrogen-bond donors (Lipinski definition) is 0. The van der Waals surface area contributed by atoms with Gasteiger partial charge in [0.1, 0.15) is 12.4 Å². The van der Waals surface area contributed by atoms with Crippen LogP contribution in [0.5, 0.6) is 5.75 Å². The Labute approximate surface area is 155 Å². The van der Waals surface area contributed by atoms with Crippen molar-refractivity contribution in [3.05, 3.63) is 64.7 Å². The maximum Gasteiger partial charge on any atom is 0.254 e. The SMILES string of the molecule is Cc1cccc(C(=O)N2CCOc3ccc(CN4CCCC4)cc3C2)c1. The molecule has 1 fully saturated rings. The predicted octanol–water partition coefficient (Wildman–Crippen LogP) is 3.63. The average molecular weight is 350 g/mol. The molecule has 0 aliphatic carbocycles. The fourth-order valence-electron chi connectivity index (χ4n) is 3.88. The molecule has 0 spiro atoms. The summed E-state index contributed by atoms with van der Waals surface area (Å²) in [5.74, 6) is 0.991. The zero-order valence-electron chi connectivity index (χ0n) is 15.4. The van der Waals surface area contributed by atoms with E-state index in [9.17, 15) is 4.79 Å². The number of carbonyl (C=O) groups excluding carboxylic acids is 1. The number of ether oxygens (including phenoxy) is 1. The van der Waals surface area contributed by atoms with Crippen LogP contribution in [0.2, 0.25) is 0 Å². The van der Waals surface area contributed by atoms with Crippen LogP contribution in [0.3, 0.4) is 0 Å². The van der Waals surface area contributed by atoms with Gasteiger partial charge in [0.05, 0.1) is 6.54 Å². The van der Waals surface area contributed by atoms with Gasteiger partial charge >= 0.3 is 0 Å². The van der Waals surface area contributed by atoms with Crippen molar-refractivity contribution in [2.45, 2.75) is 32.9 Å². The van der Waals surface area contributed by atoms with E-state index in [1.165, 1.54) is 31.5 Å². The molecule has 136 valence electrons. The van der Waals surface area contributed by atoms with Crippen LogP contribution in [-0.4, -0.2) is 41.9 Å². The molecule has 2 aliphatic rings. The Hall–Kier alpha value is -2.33. The maximum atomic E-state index is 12.9. The summed E-state index contributed by atoms with van der Waals surface area (Å²) in [4.78, 5) is 17.3. The molecule has 0 saturated carbocycles. The Balaban J connectivity index is 1.53. The Morgan fingerprint density at radius 2 is 1.92 bits per heavy atom. The van der Waals surface area contributed by atoms with Gasteiger partial charge in [-0.05, 0) is 62.7 Å². The van der Waals surface area contributed by atoms with Crippen LogP contribution in [0.1, 0.15) is 39.9 Å². The van der Waals surface area contributed by atoms with Crippen molar-refractivity contribution < 1.29 is 9.53 Å². The summed E-state index contributed by atoms with van der Waals surface area (Å²) in [6.45, 7) is 7.13. The summed E-state index contributed by atoms with van der Waals surface area (Å²) in [7, 11) is 0. The monoisotopic (exact) mass is 350 g/mol. The standard InChI is InChI=1S/C22H26N2O2/c1-17-5-4-6-19(13-17)22(25)24-11-12-26-21-8-7-18(14-20(21)16-24)15-23-9-2-3-10-23/h4-8,13-14H,2-3,9-12,15-16H2,1H3. The van der Waals surface area contributed by atoms with E-state index in [1.54, 1.807) is 0 Å². The lowest BCUT2D eigenvalue weighted by molar-refractivity contribution is 0.0733. The van der Waals surface area contributed by atoms with Crippen molar-refractivity contribution in [3.8, 4) is 5.75 Å². The number of likely N-dealkylation sites (tertiary alicyclic amines) is 1. The first-order chi connectivity index (χ1) is 12.7. The predicted molar refractivity (Wildman–Crippen MR) is 102 cm³/mol. The van der Waals surface area contributed by atoms with Gasteiger partial charge in [0.25, 0.3) is 5.91 Å². The first-order valence-electron chi connectivity index (χ1n) is 9.52. The van der Waals surface area contributed by atoms with E-state index >= 15 is 0 Å². The zero-order chi connectivity index (χ0) is 17.9. The summed E-state index contributed by atoms with van der Waals surface area (Å²) >= 11 is 0. The fraction of sp³-hybridized carbons (Fsp3) is 0.409. The number of aryl methyl sites for hydroxylation is 1. The van der Waals surface area contributed by atoms with Crippen molar-refractivity contribution >= 4 is 5.91 Å². The molecule has 2 aromatic carbocycles. The number of carbonyl (C=O) groups is 1. The van der Waals surface area contributed by atoms with Gasteiger partial charge in [-0.3, -0.25) is 9.69 Å². The molecule has 4 nitrogen and oxygen atoms in total. The Morgan fingerprint density at radius 3 is 2.73 bits per heavy atom. The first kappa shape index (κ1) is 17.1. The lowest BCUT2D eigenvalue weighted by Gasteiger charge is -2.21. The third-order valence-corrected chi connectivity index (χ3v) is 5.26. The van der Waals surface area contributed by atoms with Gasteiger partial charge in [-0.25, -0.2) is 0 Å². The summed E-state index contributed by atoms with van der Waals surface area (Å²) in [5.41, 5.74) is 4.27. The van der Waals surface area contributed by atoms with E-state index in [1.807, 2.05) is 36.1 Å². The fourth-order valence-corrected chi connectivity index (χ4v) is 3.88. The highest BCUT2D eigenvalue weighted by Gasteiger charge is 2.22. The van der Waals surface area contributed by atoms with Gasteiger partial charge in [-0.15, -0.1) is 0 Å². The van der Waals surface area contributed by atoms with Crippen molar-refractivity contribution in [1.82, 2.24) is 9.80 Å². The van der Waals surface area contributed by atoms with Gasteiger partial charge in [0, 0.05) is 24.2 Å². The van der Waals surface area contributed by atoms with E-state index in [2.05, 4.69) is 23.1 Å². The molecule has 0 N–H and O–H groups in total. The highest BCUT2D eigenvalue weighted by Crippen LogP contribution is 2.26. The van der Waals surface area contributed by atoms with Crippen LogP contribution in [0, 0.1) is 6.92 Å². The van der Waals surface area contributed by atoms with E-state index in [0.29, 0.717) is 19.7 Å². The molecule has 26 heavy (non-hydrogen) atoms. The Bertz CT molecular complexity index is 796. The average Bonchev–Trinajstić information content (AvgIpc) is 3.05. The van der Waals surface area contributed by atoms with Crippen LogP contribution < -0.4 is 4.74 Å². The molecule has 0 aromatic heterocycles. The lowest BCUT2D eigenvalue weighted by atomic mass is 10.1. The van der Waals surface area contributed by atoms with Gasteiger partial charge in [-0.1, -0.05) is 23.8 Å². The molecule has 0 atom stereocenters. The molecule has 2 aliphatic heterocycles. The van der Waals surface area contributed by atoms with Crippen LogP contribution in [0.4, 0.5) is 0 Å². The zero-order valence-corrected chi connectivity index (χ0v) is 15.4. The van der Waals surface area contributed by atoms with Crippen molar-refractivity contribution in [1.29, 1.82) is 0 Å². The first-order valence-corrected chi connectivity index (χ1v) is 9.52. The second kappa shape index (κ2) is 7.50. The lowest BCUT2D eigenvalue weighted by Crippen LogP contribution is -2.32. The number of hydrogen-bond acceptors (Lipinski definition) is 3. The minimum Gasteiger partial charge on any atom is -0.491 e. The minimum absolute atomic E-state index is 0.0788. The highest BCUT2D eigenvalue weighted by molar-refractivity contribution is 5.94. The highest BCUT2D eigenvalue weighted by atomic mass is 16.5. The van der Waals surface area contributed by atoms with E-state index < -0.39 is 0 Å². The quantitative estimate of drug-likeness (QED) is 0.847. The van der Waals surface area contributed by atoms with Crippen molar-refractivity contribution in [2.75, 3.05) is 26.2 Å². The molecule has 0 unspecified atom stereocenters. The van der Waals surface area contributed by atoms with Crippen molar-refractivity contribution in [2.24, 2.45) is 0 Å². The van der Waals surface area contributed by atoms with E-state index in [4.69, 9.17) is 4.74 Å². The third-order valence-electron chi connectivity index (χ3n) is 5.26. The number of amides is 1. The number of rotatable bonds is 3. The molecular weight excluding hydrogens is 324 g/mol. The molecule has 2 aromatic rings. The molecule has 0 bridgehead atoms. The van der Waals surface area contributed by atoms with E-state index in [-0.39, 0.29) is 5.91 Å². The molecule has 4 heteroatoms. The van der Waals surface area contributed by atoms with Gasteiger partial charge in [0.15, 0.2) is 0 Å². The normalized spacial score (nSPS) is 17.5. The maximum absolute atomic E-state index is 12.9. The largest absolute Gasteiger partial charge is 0.491 e. The topological polar surface area (TPSA) is 32.8 Å². The summed E-state index contributed by atoms with van der Waals surface area (Å²) < 4.78 is 5.91. The van der Waals surface area contributed by atoms with Crippen LogP contribution in [0.15, 0.2) is 42.5 Å².